The lowest BCUT2D eigenvalue weighted by Gasteiger charge is -2.20. The Bertz CT molecular complexity index is 707. The van der Waals surface area contributed by atoms with Crippen molar-refractivity contribution in [1.82, 2.24) is 4.98 Å². The molecule has 0 atom stereocenters. The lowest BCUT2D eigenvalue weighted by atomic mass is 10.2. The minimum absolute atomic E-state index is 0.0462. The van der Waals surface area contributed by atoms with Crippen molar-refractivity contribution in [2.24, 2.45) is 0 Å². The number of anilines is 2. The zero-order chi connectivity index (χ0) is 15.6. The van der Waals surface area contributed by atoms with Gasteiger partial charge in [-0.1, -0.05) is 17.7 Å². The van der Waals surface area contributed by atoms with Crippen LogP contribution in [0.25, 0.3) is 0 Å². The maximum absolute atomic E-state index is 12.8. The number of rotatable bonds is 2. The van der Waals surface area contributed by atoms with Gasteiger partial charge in [-0.05, 0) is 30.3 Å². The standard InChI is InChI=1S/C14H9ClF3N3/c1-21(11-4-2-3-9(5-11)8-19)13-7-10(14(16,17)18)6-12(15)20-13/h2-7H,1H3. The fourth-order valence-corrected chi connectivity index (χ4v) is 1.94. The molecule has 3 nitrogen and oxygen atoms in total. The van der Waals surface area contributed by atoms with E-state index in [-0.39, 0.29) is 11.0 Å². The number of pyridine rings is 1. The van der Waals surface area contributed by atoms with E-state index in [2.05, 4.69) is 4.98 Å². The van der Waals surface area contributed by atoms with Crippen LogP contribution >= 0.6 is 11.6 Å². The molecule has 2 aromatic rings. The summed E-state index contributed by atoms with van der Waals surface area (Å²) in [4.78, 5) is 5.32. The molecule has 21 heavy (non-hydrogen) atoms. The number of nitrogens with zero attached hydrogens (tertiary/aromatic N) is 3. The van der Waals surface area contributed by atoms with Crippen molar-refractivity contribution in [3.8, 4) is 6.07 Å². The molecule has 1 aromatic carbocycles. The minimum atomic E-state index is -4.50. The lowest BCUT2D eigenvalue weighted by molar-refractivity contribution is -0.137. The van der Waals surface area contributed by atoms with Crippen LogP contribution in [0.3, 0.4) is 0 Å². The molecule has 0 unspecified atom stereocenters. The number of hydrogen-bond acceptors (Lipinski definition) is 3. The molecule has 108 valence electrons. The average Bonchev–Trinajstić information content (AvgIpc) is 2.45. The van der Waals surface area contributed by atoms with Crippen molar-refractivity contribution in [2.75, 3.05) is 11.9 Å². The fourth-order valence-electron chi connectivity index (χ4n) is 1.73. The Morgan fingerprint density at radius 3 is 2.57 bits per heavy atom. The smallest absolute Gasteiger partial charge is 0.329 e. The number of alkyl halides is 3. The predicted octanol–water partition coefficient (Wildman–Crippen LogP) is 4.39. The van der Waals surface area contributed by atoms with Crippen LogP contribution in [0.4, 0.5) is 24.7 Å². The van der Waals surface area contributed by atoms with Gasteiger partial charge in [-0.2, -0.15) is 18.4 Å². The maximum atomic E-state index is 12.8. The Morgan fingerprint density at radius 2 is 1.95 bits per heavy atom. The third kappa shape index (κ3) is 3.44. The van der Waals surface area contributed by atoms with Crippen LogP contribution in [0.1, 0.15) is 11.1 Å². The van der Waals surface area contributed by atoms with E-state index < -0.39 is 11.7 Å². The second kappa shape index (κ2) is 5.62. The van der Waals surface area contributed by atoms with E-state index >= 15 is 0 Å². The second-order valence-electron chi connectivity index (χ2n) is 4.26. The monoisotopic (exact) mass is 311 g/mol. The normalized spacial score (nSPS) is 11.0. The highest BCUT2D eigenvalue weighted by Gasteiger charge is 2.32. The molecule has 0 aliphatic rings. The molecular weight excluding hydrogens is 303 g/mol. The summed E-state index contributed by atoms with van der Waals surface area (Å²) in [5.74, 6) is 0.0462. The zero-order valence-corrected chi connectivity index (χ0v) is 11.6. The summed E-state index contributed by atoms with van der Waals surface area (Å²) in [5, 5.41) is 8.61. The molecule has 0 aliphatic heterocycles. The van der Waals surface area contributed by atoms with Gasteiger partial charge in [-0.25, -0.2) is 4.98 Å². The number of nitriles is 1. The van der Waals surface area contributed by atoms with Crippen LogP contribution < -0.4 is 4.90 Å². The molecule has 0 spiro atoms. The summed E-state index contributed by atoms with van der Waals surface area (Å²) < 4.78 is 38.4. The van der Waals surface area contributed by atoms with E-state index in [1.165, 1.54) is 4.90 Å². The molecular formula is C14H9ClF3N3. The van der Waals surface area contributed by atoms with Crippen molar-refractivity contribution in [3.63, 3.8) is 0 Å². The summed E-state index contributed by atoms with van der Waals surface area (Å²) in [6.07, 6.45) is -4.50. The quantitative estimate of drug-likeness (QED) is 0.772. The van der Waals surface area contributed by atoms with E-state index in [0.717, 1.165) is 12.1 Å². The first-order valence-corrected chi connectivity index (χ1v) is 6.18. The van der Waals surface area contributed by atoms with Crippen LogP contribution in [-0.2, 0) is 6.18 Å². The highest BCUT2D eigenvalue weighted by Crippen LogP contribution is 2.34. The van der Waals surface area contributed by atoms with Crippen LogP contribution in [0.5, 0.6) is 0 Å². The summed E-state index contributed by atoms with van der Waals surface area (Å²) in [6.45, 7) is 0. The first kappa shape index (κ1) is 15.1. The fraction of sp³-hybridized carbons (Fsp3) is 0.143. The minimum Gasteiger partial charge on any atom is -0.329 e. The molecule has 0 radical (unpaired) electrons. The average molecular weight is 312 g/mol. The van der Waals surface area contributed by atoms with Crippen molar-refractivity contribution >= 4 is 23.1 Å². The van der Waals surface area contributed by atoms with Gasteiger partial charge >= 0.3 is 6.18 Å². The van der Waals surface area contributed by atoms with Crippen LogP contribution in [-0.4, -0.2) is 12.0 Å². The third-order valence-electron chi connectivity index (χ3n) is 2.81. The molecule has 1 aromatic heterocycles. The summed E-state index contributed by atoms with van der Waals surface area (Å²) in [5.41, 5.74) is 0.0650. The molecule has 0 saturated heterocycles. The highest BCUT2D eigenvalue weighted by molar-refractivity contribution is 6.29. The Hall–Kier alpha value is -2.26. The van der Waals surface area contributed by atoms with Gasteiger partial charge in [0.15, 0.2) is 0 Å². The maximum Gasteiger partial charge on any atom is 0.416 e. The Labute approximate surface area is 124 Å². The topological polar surface area (TPSA) is 39.9 Å². The molecule has 0 amide bonds. The molecule has 0 fully saturated rings. The lowest BCUT2D eigenvalue weighted by Crippen LogP contribution is -2.14. The summed E-state index contributed by atoms with van der Waals surface area (Å²) in [6, 6.07) is 10.1. The molecule has 0 N–H and O–H groups in total. The van der Waals surface area contributed by atoms with Gasteiger partial charge in [0.25, 0.3) is 0 Å². The van der Waals surface area contributed by atoms with E-state index in [1.54, 1.807) is 31.3 Å². The Morgan fingerprint density at radius 1 is 1.24 bits per heavy atom. The largest absolute Gasteiger partial charge is 0.416 e. The number of benzene rings is 1. The van der Waals surface area contributed by atoms with Crippen LogP contribution in [0, 0.1) is 11.3 Å². The first-order valence-electron chi connectivity index (χ1n) is 5.80. The van der Waals surface area contributed by atoms with E-state index in [4.69, 9.17) is 16.9 Å². The third-order valence-corrected chi connectivity index (χ3v) is 3.01. The summed E-state index contributed by atoms with van der Waals surface area (Å²) >= 11 is 5.66. The van der Waals surface area contributed by atoms with Gasteiger partial charge < -0.3 is 4.90 Å². The molecule has 0 aliphatic carbocycles. The van der Waals surface area contributed by atoms with Crippen LogP contribution in [0.15, 0.2) is 36.4 Å². The molecule has 1 heterocycles. The first-order chi connectivity index (χ1) is 9.81. The second-order valence-corrected chi connectivity index (χ2v) is 4.64. The Balaban J connectivity index is 2.46. The van der Waals surface area contributed by atoms with Gasteiger partial charge in [0.2, 0.25) is 0 Å². The SMILES string of the molecule is CN(c1cccc(C#N)c1)c1cc(C(F)(F)F)cc(Cl)n1. The van der Waals surface area contributed by atoms with Crippen molar-refractivity contribution in [2.45, 2.75) is 6.18 Å². The highest BCUT2D eigenvalue weighted by atomic mass is 35.5. The van der Waals surface area contributed by atoms with E-state index in [9.17, 15) is 13.2 Å². The molecule has 7 heteroatoms. The number of aromatic nitrogens is 1. The van der Waals surface area contributed by atoms with Gasteiger partial charge in [-0.15, -0.1) is 0 Å². The Kier molecular flexibility index (Phi) is 4.05. The van der Waals surface area contributed by atoms with Gasteiger partial charge in [-0.3, -0.25) is 0 Å². The van der Waals surface area contributed by atoms with Crippen molar-refractivity contribution < 1.29 is 13.2 Å². The summed E-state index contributed by atoms with van der Waals surface area (Å²) in [7, 11) is 1.55. The number of halogens is 4. The van der Waals surface area contributed by atoms with Crippen LogP contribution in [0.2, 0.25) is 5.15 Å². The van der Waals surface area contributed by atoms with Crippen molar-refractivity contribution in [3.05, 3.63) is 52.7 Å². The number of hydrogen-bond donors (Lipinski definition) is 0. The van der Waals surface area contributed by atoms with Gasteiger partial charge in [0.05, 0.1) is 17.2 Å². The van der Waals surface area contributed by atoms with Gasteiger partial charge in [0.1, 0.15) is 11.0 Å². The molecule has 0 bridgehead atoms. The van der Waals surface area contributed by atoms with E-state index in [1.807, 2.05) is 6.07 Å². The van der Waals surface area contributed by atoms with Crippen molar-refractivity contribution in [1.29, 1.82) is 5.26 Å². The molecule has 2 rings (SSSR count). The zero-order valence-electron chi connectivity index (χ0n) is 10.8. The predicted molar refractivity (Wildman–Crippen MR) is 73.5 cm³/mol. The van der Waals surface area contributed by atoms with Gasteiger partial charge in [0, 0.05) is 12.7 Å². The molecule has 0 saturated carbocycles. The van der Waals surface area contributed by atoms with E-state index in [0.29, 0.717) is 11.3 Å².